The van der Waals surface area contributed by atoms with Crippen molar-refractivity contribution < 1.29 is 4.74 Å². The van der Waals surface area contributed by atoms with Crippen LogP contribution in [0.2, 0.25) is 0 Å². The molecule has 21 heavy (non-hydrogen) atoms. The van der Waals surface area contributed by atoms with E-state index in [1.807, 2.05) is 43.3 Å². The van der Waals surface area contributed by atoms with Gasteiger partial charge in [-0.3, -0.25) is 9.20 Å². The molecule has 0 atom stereocenters. The zero-order valence-corrected chi connectivity index (χ0v) is 11.6. The van der Waals surface area contributed by atoms with E-state index >= 15 is 0 Å². The lowest BCUT2D eigenvalue weighted by atomic mass is 10.2. The average molecular weight is 281 g/mol. The summed E-state index contributed by atoms with van der Waals surface area (Å²) in [5.41, 5.74) is 7.98. The maximum Gasteiger partial charge on any atom is 0.302 e. The van der Waals surface area contributed by atoms with Gasteiger partial charge in [-0.05, 0) is 24.1 Å². The maximum atomic E-state index is 12.4. The molecule has 5 heteroatoms. The number of aryl methyl sites for hydroxylation is 1. The highest BCUT2D eigenvalue weighted by atomic mass is 16.5. The van der Waals surface area contributed by atoms with Crippen LogP contribution in [0.15, 0.2) is 53.5 Å². The lowest BCUT2D eigenvalue weighted by Gasteiger charge is -2.10. The van der Waals surface area contributed by atoms with Crippen LogP contribution in [0, 0.1) is 6.92 Å². The minimum Gasteiger partial charge on any atom is -0.480 e. The fourth-order valence-electron chi connectivity index (χ4n) is 2.11. The number of anilines is 1. The largest absolute Gasteiger partial charge is 0.480 e. The lowest BCUT2D eigenvalue weighted by molar-refractivity contribution is 0.302. The van der Waals surface area contributed by atoms with Gasteiger partial charge in [-0.1, -0.05) is 36.4 Å². The van der Waals surface area contributed by atoms with E-state index < -0.39 is 0 Å². The number of benzene rings is 1. The van der Waals surface area contributed by atoms with Gasteiger partial charge in [-0.25, -0.2) is 4.98 Å². The first-order valence-corrected chi connectivity index (χ1v) is 6.60. The van der Waals surface area contributed by atoms with Gasteiger partial charge in [0, 0.05) is 6.20 Å². The van der Waals surface area contributed by atoms with E-state index in [0.29, 0.717) is 5.65 Å². The number of hydrogen-bond donors (Lipinski definition) is 1. The number of ether oxygens (including phenoxy) is 1. The van der Waals surface area contributed by atoms with Crippen molar-refractivity contribution in [2.24, 2.45) is 0 Å². The molecule has 2 heterocycles. The molecule has 0 fully saturated rings. The van der Waals surface area contributed by atoms with Gasteiger partial charge in [0.2, 0.25) is 5.75 Å². The lowest BCUT2D eigenvalue weighted by Crippen LogP contribution is -2.20. The summed E-state index contributed by atoms with van der Waals surface area (Å²) in [6, 6.07) is 13.2. The fraction of sp³-hybridized carbons (Fsp3) is 0.125. The van der Waals surface area contributed by atoms with Crippen LogP contribution in [0.4, 0.5) is 5.82 Å². The first-order valence-electron chi connectivity index (χ1n) is 6.60. The zero-order chi connectivity index (χ0) is 14.8. The third-order valence-corrected chi connectivity index (χ3v) is 3.18. The van der Waals surface area contributed by atoms with E-state index in [0.717, 1.165) is 11.1 Å². The minimum absolute atomic E-state index is 0.0851. The monoisotopic (exact) mass is 281 g/mol. The summed E-state index contributed by atoms with van der Waals surface area (Å²) in [5, 5.41) is 0. The van der Waals surface area contributed by atoms with Crippen molar-refractivity contribution in [2.45, 2.75) is 13.5 Å². The summed E-state index contributed by atoms with van der Waals surface area (Å²) in [7, 11) is 0. The Kier molecular flexibility index (Phi) is 3.31. The second kappa shape index (κ2) is 5.28. The Balaban J connectivity index is 2.00. The number of nitrogens with zero attached hydrogens (tertiary/aromatic N) is 2. The third kappa shape index (κ3) is 2.58. The van der Waals surface area contributed by atoms with E-state index in [2.05, 4.69) is 4.98 Å². The number of rotatable bonds is 3. The van der Waals surface area contributed by atoms with E-state index in [1.54, 1.807) is 12.3 Å². The molecular formula is C16H15N3O2. The molecule has 0 saturated heterocycles. The van der Waals surface area contributed by atoms with Crippen LogP contribution in [0.5, 0.6) is 5.75 Å². The van der Waals surface area contributed by atoms with Crippen molar-refractivity contribution in [3.8, 4) is 5.75 Å². The van der Waals surface area contributed by atoms with Gasteiger partial charge in [0.1, 0.15) is 12.3 Å². The Morgan fingerprint density at radius 1 is 1.19 bits per heavy atom. The summed E-state index contributed by atoms with van der Waals surface area (Å²) in [5.74, 6) is 0.196. The molecule has 0 aliphatic rings. The number of fused-ring (bicyclic) bond motifs is 1. The van der Waals surface area contributed by atoms with E-state index in [9.17, 15) is 4.79 Å². The quantitative estimate of drug-likeness (QED) is 0.798. The highest BCUT2D eigenvalue weighted by molar-refractivity contribution is 5.53. The molecule has 0 spiro atoms. The second-order valence-corrected chi connectivity index (χ2v) is 4.84. The molecule has 3 rings (SSSR count). The van der Waals surface area contributed by atoms with E-state index in [-0.39, 0.29) is 23.7 Å². The molecular weight excluding hydrogens is 266 g/mol. The molecule has 0 amide bonds. The summed E-state index contributed by atoms with van der Waals surface area (Å²) in [4.78, 5) is 16.6. The molecule has 2 aromatic heterocycles. The summed E-state index contributed by atoms with van der Waals surface area (Å²) >= 11 is 0. The van der Waals surface area contributed by atoms with Crippen LogP contribution in [0.1, 0.15) is 11.1 Å². The SMILES string of the molecule is Cc1ccc2nc(N)c(OCc3ccccc3)c(=O)n2c1. The van der Waals surface area contributed by atoms with Crippen molar-refractivity contribution >= 4 is 11.5 Å². The predicted molar refractivity (Wildman–Crippen MR) is 81.4 cm³/mol. The maximum absolute atomic E-state index is 12.4. The van der Waals surface area contributed by atoms with Crippen LogP contribution >= 0.6 is 0 Å². The molecule has 0 radical (unpaired) electrons. The van der Waals surface area contributed by atoms with E-state index in [4.69, 9.17) is 10.5 Å². The molecule has 5 nitrogen and oxygen atoms in total. The molecule has 1 aromatic carbocycles. The normalized spacial score (nSPS) is 10.7. The molecule has 0 bridgehead atoms. The van der Waals surface area contributed by atoms with Crippen molar-refractivity contribution in [1.29, 1.82) is 0 Å². The molecule has 3 aromatic rings. The van der Waals surface area contributed by atoms with Crippen molar-refractivity contribution in [3.63, 3.8) is 0 Å². The highest BCUT2D eigenvalue weighted by Gasteiger charge is 2.12. The van der Waals surface area contributed by atoms with Crippen LogP contribution in [0.3, 0.4) is 0 Å². The standard InChI is InChI=1S/C16H15N3O2/c1-11-7-8-13-18-15(17)14(16(20)19(13)9-11)21-10-12-5-3-2-4-6-12/h2-9H,10,17H2,1H3. The molecule has 106 valence electrons. The Hall–Kier alpha value is -2.82. The molecule has 0 aliphatic carbocycles. The van der Waals surface area contributed by atoms with Gasteiger partial charge < -0.3 is 10.5 Å². The number of nitrogens with two attached hydrogens (primary N) is 1. The van der Waals surface area contributed by atoms with Gasteiger partial charge >= 0.3 is 5.56 Å². The van der Waals surface area contributed by atoms with Gasteiger partial charge in [0.05, 0.1) is 0 Å². The van der Waals surface area contributed by atoms with Crippen LogP contribution in [-0.4, -0.2) is 9.38 Å². The Labute approximate surface area is 121 Å². The second-order valence-electron chi connectivity index (χ2n) is 4.84. The molecule has 2 N–H and O–H groups in total. The van der Waals surface area contributed by atoms with E-state index in [1.165, 1.54) is 4.40 Å². The molecule has 0 saturated carbocycles. The Morgan fingerprint density at radius 3 is 2.71 bits per heavy atom. The first-order chi connectivity index (χ1) is 10.1. The third-order valence-electron chi connectivity index (χ3n) is 3.18. The van der Waals surface area contributed by atoms with Crippen molar-refractivity contribution in [3.05, 3.63) is 70.1 Å². The minimum atomic E-state index is -0.294. The van der Waals surface area contributed by atoms with Crippen LogP contribution in [0.25, 0.3) is 5.65 Å². The highest BCUT2D eigenvalue weighted by Crippen LogP contribution is 2.16. The van der Waals surface area contributed by atoms with Gasteiger partial charge in [-0.2, -0.15) is 0 Å². The average Bonchev–Trinajstić information content (AvgIpc) is 2.49. The molecule has 0 aliphatic heterocycles. The summed E-state index contributed by atoms with van der Waals surface area (Å²) in [6.45, 7) is 2.19. The zero-order valence-electron chi connectivity index (χ0n) is 11.6. The predicted octanol–water partition coefficient (Wildman–Crippen LogP) is 2.16. The molecule has 0 unspecified atom stereocenters. The number of nitrogen functional groups attached to an aromatic ring is 1. The Morgan fingerprint density at radius 2 is 1.95 bits per heavy atom. The van der Waals surface area contributed by atoms with Crippen molar-refractivity contribution in [1.82, 2.24) is 9.38 Å². The number of hydrogen-bond acceptors (Lipinski definition) is 4. The van der Waals surface area contributed by atoms with Gasteiger partial charge in [0.15, 0.2) is 5.82 Å². The fourth-order valence-corrected chi connectivity index (χ4v) is 2.11. The summed E-state index contributed by atoms with van der Waals surface area (Å²) < 4.78 is 7.03. The van der Waals surface area contributed by atoms with Crippen molar-refractivity contribution in [2.75, 3.05) is 5.73 Å². The van der Waals surface area contributed by atoms with Gasteiger partial charge in [0.25, 0.3) is 0 Å². The first kappa shape index (κ1) is 13.2. The Bertz CT molecular complexity index is 841. The number of aromatic nitrogens is 2. The van der Waals surface area contributed by atoms with Crippen LogP contribution in [-0.2, 0) is 6.61 Å². The summed E-state index contributed by atoms with van der Waals surface area (Å²) in [6.07, 6.45) is 1.72. The topological polar surface area (TPSA) is 69.6 Å². The van der Waals surface area contributed by atoms with Crippen LogP contribution < -0.4 is 16.0 Å². The number of pyridine rings is 1. The smallest absolute Gasteiger partial charge is 0.302 e. The van der Waals surface area contributed by atoms with Gasteiger partial charge in [-0.15, -0.1) is 0 Å².